The van der Waals surface area contributed by atoms with Gasteiger partial charge in [-0.1, -0.05) is 12.1 Å². The lowest BCUT2D eigenvalue weighted by Crippen LogP contribution is -2.31. The van der Waals surface area contributed by atoms with Crippen LogP contribution in [0.4, 0.5) is 5.69 Å². The van der Waals surface area contributed by atoms with Gasteiger partial charge in [-0.05, 0) is 44.4 Å². The van der Waals surface area contributed by atoms with Crippen molar-refractivity contribution >= 4 is 21.6 Å². The summed E-state index contributed by atoms with van der Waals surface area (Å²) in [4.78, 5) is 14.2. The van der Waals surface area contributed by atoms with Gasteiger partial charge in [0, 0.05) is 18.7 Å². The summed E-state index contributed by atoms with van der Waals surface area (Å²) in [6.07, 6.45) is 0. The lowest BCUT2D eigenvalue weighted by Gasteiger charge is -2.14. The van der Waals surface area contributed by atoms with E-state index in [1.165, 1.54) is 37.4 Å². The first-order valence-corrected chi connectivity index (χ1v) is 9.64. The first-order valence-electron chi connectivity index (χ1n) is 8.16. The summed E-state index contributed by atoms with van der Waals surface area (Å²) in [6, 6.07) is 10.4. The number of likely N-dealkylation sites (N-methyl/N-ethyl adjacent to an activating group) is 1. The number of nitrogens with one attached hydrogen (secondary N) is 2. The Hall–Kier alpha value is -2.62. The zero-order valence-electron chi connectivity index (χ0n) is 15.4. The molecule has 8 nitrogen and oxygen atoms in total. The van der Waals surface area contributed by atoms with Crippen molar-refractivity contribution in [3.05, 3.63) is 48.0 Å². The maximum absolute atomic E-state index is 12.6. The molecule has 2 aromatic rings. The summed E-state index contributed by atoms with van der Waals surface area (Å²) in [5.41, 5.74) is 0.346. The molecule has 0 bridgehead atoms. The molecule has 0 aromatic heterocycles. The highest BCUT2D eigenvalue weighted by Gasteiger charge is 2.21. The average Bonchev–Trinajstić information content (AvgIpc) is 2.62. The van der Waals surface area contributed by atoms with Crippen molar-refractivity contribution in [1.29, 1.82) is 0 Å². The summed E-state index contributed by atoms with van der Waals surface area (Å²) >= 11 is 0. The number of ether oxygens (including phenoxy) is 1. The minimum atomic E-state index is -3.87. The first kappa shape index (κ1) is 20.7. The molecule has 0 fully saturated rings. The van der Waals surface area contributed by atoms with Gasteiger partial charge >= 0.3 is 0 Å². The molecule has 146 valence electrons. The van der Waals surface area contributed by atoms with E-state index >= 15 is 0 Å². The van der Waals surface area contributed by atoms with Gasteiger partial charge in [0.25, 0.3) is 5.91 Å². The summed E-state index contributed by atoms with van der Waals surface area (Å²) in [5.74, 6) is -0.507. The Bertz CT molecular complexity index is 913. The van der Waals surface area contributed by atoms with Gasteiger partial charge in [0.15, 0.2) is 0 Å². The van der Waals surface area contributed by atoms with Crippen molar-refractivity contribution in [3.8, 4) is 11.5 Å². The van der Waals surface area contributed by atoms with Crippen LogP contribution in [0.1, 0.15) is 10.4 Å². The van der Waals surface area contributed by atoms with Crippen LogP contribution in [0.5, 0.6) is 11.5 Å². The third-order valence-corrected chi connectivity index (χ3v) is 5.20. The second-order valence-electron chi connectivity index (χ2n) is 6.04. The van der Waals surface area contributed by atoms with Crippen LogP contribution in [-0.4, -0.2) is 58.6 Å². The topological polar surface area (TPSA) is 108 Å². The van der Waals surface area contributed by atoms with E-state index in [4.69, 9.17) is 4.74 Å². The standard InChI is InChI=1S/C18H23N3O5S/c1-21(2)11-10-19-27(24,25)17-12-13(8-9-16(17)26-3)18(23)20-14-6-4-5-7-15(14)22/h4-9,12,19,22H,10-11H2,1-3H3,(H,20,23). The molecule has 0 radical (unpaired) electrons. The van der Waals surface area contributed by atoms with Crippen LogP contribution in [-0.2, 0) is 10.0 Å². The van der Waals surface area contributed by atoms with E-state index in [0.29, 0.717) is 6.54 Å². The number of para-hydroxylation sites is 2. The van der Waals surface area contributed by atoms with Gasteiger partial charge in [-0.15, -0.1) is 0 Å². The van der Waals surface area contributed by atoms with E-state index in [1.54, 1.807) is 12.1 Å². The van der Waals surface area contributed by atoms with Crippen molar-refractivity contribution in [2.24, 2.45) is 0 Å². The quantitative estimate of drug-likeness (QED) is 0.587. The van der Waals surface area contributed by atoms with Crippen LogP contribution in [0.2, 0.25) is 0 Å². The van der Waals surface area contributed by atoms with E-state index in [9.17, 15) is 18.3 Å². The van der Waals surface area contributed by atoms with Crippen molar-refractivity contribution in [1.82, 2.24) is 9.62 Å². The molecule has 1 amide bonds. The lowest BCUT2D eigenvalue weighted by atomic mass is 10.2. The van der Waals surface area contributed by atoms with Crippen LogP contribution >= 0.6 is 0 Å². The zero-order valence-corrected chi connectivity index (χ0v) is 16.2. The monoisotopic (exact) mass is 393 g/mol. The molecule has 0 saturated heterocycles. The number of phenols is 1. The van der Waals surface area contributed by atoms with E-state index in [1.807, 2.05) is 19.0 Å². The van der Waals surface area contributed by atoms with Gasteiger partial charge in [-0.25, -0.2) is 13.1 Å². The third-order valence-electron chi connectivity index (χ3n) is 3.72. The predicted octanol–water partition coefficient (Wildman–Crippen LogP) is 1.49. The molecule has 0 saturated carbocycles. The summed E-state index contributed by atoms with van der Waals surface area (Å²) in [5, 5.41) is 12.3. The highest BCUT2D eigenvalue weighted by atomic mass is 32.2. The normalized spacial score (nSPS) is 11.4. The third kappa shape index (κ3) is 5.43. The molecule has 0 unspecified atom stereocenters. The number of methoxy groups -OCH3 is 1. The van der Waals surface area contributed by atoms with Gasteiger partial charge in [0.2, 0.25) is 10.0 Å². The Labute approximate surface area is 158 Å². The van der Waals surface area contributed by atoms with Crippen molar-refractivity contribution < 1.29 is 23.1 Å². The zero-order chi connectivity index (χ0) is 20.0. The fraction of sp³-hybridized carbons (Fsp3) is 0.278. The van der Waals surface area contributed by atoms with Gasteiger partial charge in [0.1, 0.15) is 16.4 Å². The molecule has 0 spiro atoms. The number of carbonyl (C=O) groups excluding carboxylic acids is 1. The molecule has 27 heavy (non-hydrogen) atoms. The SMILES string of the molecule is COc1ccc(C(=O)Nc2ccccc2O)cc1S(=O)(=O)NCCN(C)C. The second-order valence-corrected chi connectivity index (χ2v) is 7.77. The number of sulfonamides is 1. The molecule has 9 heteroatoms. The minimum absolute atomic E-state index is 0.0856. The molecule has 3 N–H and O–H groups in total. The van der Waals surface area contributed by atoms with Gasteiger partial charge in [-0.2, -0.15) is 0 Å². The Morgan fingerprint density at radius 2 is 1.89 bits per heavy atom. The van der Waals surface area contributed by atoms with Gasteiger partial charge < -0.3 is 20.1 Å². The highest BCUT2D eigenvalue weighted by Crippen LogP contribution is 2.26. The number of phenolic OH excluding ortho intramolecular Hbond substituents is 1. The number of benzene rings is 2. The number of carbonyl (C=O) groups is 1. The number of rotatable bonds is 8. The Morgan fingerprint density at radius 3 is 2.52 bits per heavy atom. The van der Waals surface area contributed by atoms with Crippen molar-refractivity contribution in [2.75, 3.05) is 39.6 Å². The molecule has 2 aromatic carbocycles. The Kier molecular flexibility index (Phi) is 6.78. The number of hydrogen-bond acceptors (Lipinski definition) is 6. The van der Waals surface area contributed by atoms with Crippen molar-refractivity contribution in [3.63, 3.8) is 0 Å². The van der Waals surface area contributed by atoms with Crippen molar-refractivity contribution in [2.45, 2.75) is 4.90 Å². The van der Waals surface area contributed by atoms with Crippen LogP contribution in [0.15, 0.2) is 47.4 Å². The molecule has 2 rings (SSSR count). The van der Waals surface area contributed by atoms with Crippen LogP contribution < -0.4 is 14.8 Å². The predicted molar refractivity (Wildman–Crippen MR) is 103 cm³/mol. The van der Waals surface area contributed by atoms with E-state index in [0.717, 1.165) is 0 Å². The number of anilines is 1. The maximum Gasteiger partial charge on any atom is 0.255 e. The molecule has 0 atom stereocenters. The lowest BCUT2D eigenvalue weighted by molar-refractivity contribution is 0.102. The second kappa shape index (κ2) is 8.85. The smallest absolute Gasteiger partial charge is 0.255 e. The molecular weight excluding hydrogens is 370 g/mol. The largest absolute Gasteiger partial charge is 0.506 e. The molecule has 0 aliphatic rings. The van der Waals surface area contributed by atoms with E-state index in [2.05, 4.69) is 10.0 Å². The van der Waals surface area contributed by atoms with Gasteiger partial charge in [0.05, 0.1) is 12.8 Å². The summed E-state index contributed by atoms with van der Waals surface area (Å²) in [7, 11) is 1.15. The number of hydrogen-bond donors (Lipinski definition) is 3. The molecular formula is C18H23N3O5S. The van der Waals surface area contributed by atoms with E-state index in [-0.39, 0.29) is 34.2 Å². The highest BCUT2D eigenvalue weighted by molar-refractivity contribution is 7.89. The van der Waals surface area contributed by atoms with E-state index < -0.39 is 15.9 Å². The molecule has 0 heterocycles. The molecule has 0 aliphatic carbocycles. The maximum atomic E-state index is 12.6. The van der Waals surface area contributed by atoms with Gasteiger partial charge in [-0.3, -0.25) is 4.79 Å². The summed E-state index contributed by atoms with van der Waals surface area (Å²) < 4.78 is 32.8. The van der Waals surface area contributed by atoms with Crippen LogP contribution in [0, 0.1) is 0 Å². The first-order chi connectivity index (χ1) is 12.7. The average molecular weight is 393 g/mol. The number of aromatic hydroxyl groups is 1. The molecule has 0 aliphatic heterocycles. The fourth-order valence-electron chi connectivity index (χ4n) is 2.28. The fourth-order valence-corrected chi connectivity index (χ4v) is 3.50. The van der Waals surface area contributed by atoms with Crippen LogP contribution in [0.25, 0.3) is 0 Å². The Balaban J connectivity index is 2.28. The number of nitrogens with zero attached hydrogens (tertiary/aromatic N) is 1. The summed E-state index contributed by atoms with van der Waals surface area (Å²) in [6.45, 7) is 0.738. The Morgan fingerprint density at radius 1 is 1.19 bits per heavy atom. The van der Waals surface area contributed by atoms with Crippen LogP contribution in [0.3, 0.4) is 0 Å². The minimum Gasteiger partial charge on any atom is -0.506 e. The number of amides is 1.